The number of amides is 1. The van der Waals surface area contributed by atoms with Crippen LogP contribution in [-0.4, -0.2) is 35.5 Å². The first-order valence-corrected chi connectivity index (χ1v) is 12.1. The fourth-order valence-electron chi connectivity index (χ4n) is 4.93. The number of para-hydroxylation sites is 1. The van der Waals surface area contributed by atoms with Crippen LogP contribution < -0.4 is 10.2 Å². The van der Waals surface area contributed by atoms with E-state index in [4.69, 9.17) is 0 Å². The third-order valence-corrected chi connectivity index (χ3v) is 6.94. The van der Waals surface area contributed by atoms with Crippen LogP contribution in [0.2, 0.25) is 0 Å². The number of hydrogen-bond acceptors (Lipinski definition) is 3. The molecule has 3 heterocycles. The van der Waals surface area contributed by atoms with Crippen LogP contribution in [0.5, 0.6) is 0 Å². The molecule has 1 aliphatic heterocycles. The lowest BCUT2D eigenvalue weighted by atomic mass is 9.90. The molecule has 0 spiro atoms. The smallest absolute Gasteiger partial charge is 0.361 e. The Morgan fingerprint density at radius 3 is 2.44 bits per heavy atom. The molecule has 1 amide bonds. The molecule has 1 unspecified atom stereocenters. The molecule has 0 saturated carbocycles. The number of pyridine rings is 1. The minimum absolute atomic E-state index is 0.00253. The summed E-state index contributed by atoms with van der Waals surface area (Å²) < 4.78 is 38.4. The first kappa shape index (κ1) is 23.9. The van der Waals surface area contributed by atoms with Gasteiger partial charge in [0.1, 0.15) is 5.82 Å². The predicted molar refractivity (Wildman–Crippen MR) is 134 cm³/mol. The van der Waals surface area contributed by atoms with Gasteiger partial charge in [0.25, 0.3) is 0 Å². The van der Waals surface area contributed by atoms with E-state index >= 15 is 0 Å². The van der Waals surface area contributed by atoms with Gasteiger partial charge in [-0.25, -0.2) is 4.98 Å². The van der Waals surface area contributed by atoms with Crippen molar-refractivity contribution in [2.75, 3.05) is 24.5 Å². The van der Waals surface area contributed by atoms with E-state index in [0.717, 1.165) is 34.3 Å². The van der Waals surface area contributed by atoms with Crippen molar-refractivity contribution >= 4 is 22.6 Å². The minimum atomic E-state index is -4.40. The molecule has 1 fully saturated rings. The van der Waals surface area contributed by atoms with Crippen LogP contribution >= 0.6 is 0 Å². The third kappa shape index (κ3) is 5.08. The van der Waals surface area contributed by atoms with Crippen LogP contribution in [0.25, 0.3) is 10.9 Å². The van der Waals surface area contributed by atoms with E-state index in [2.05, 4.69) is 33.5 Å². The Hall–Kier alpha value is -3.81. The van der Waals surface area contributed by atoms with Crippen LogP contribution in [0, 0.1) is 5.92 Å². The Balaban J connectivity index is 1.23. The van der Waals surface area contributed by atoms with E-state index in [-0.39, 0.29) is 17.7 Å². The summed E-state index contributed by atoms with van der Waals surface area (Å²) in [5.41, 5.74) is 2.57. The highest BCUT2D eigenvalue weighted by atomic mass is 19.4. The number of aromatic amines is 1. The molecule has 2 aromatic heterocycles. The zero-order valence-corrected chi connectivity index (χ0v) is 19.6. The number of nitrogens with zero attached hydrogens (tertiary/aromatic N) is 2. The summed E-state index contributed by atoms with van der Waals surface area (Å²) in [7, 11) is 0. The van der Waals surface area contributed by atoms with Crippen LogP contribution in [0.4, 0.5) is 19.0 Å². The standard InChI is InChI=1S/C28H27F3N4O/c29-28(30,31)21-10-11-26(33-16-21)35-14-12-20(13-15-35)27(36)34-17-23(19-6-2-1-3-7-19)24-18-32-25-9-5-4-8-22(24)25/h1-11,16,18,20,23,32H,12-15,17H2,(H,34,36). The number of aromatic nitrogens is 2. The van der Waals surface area contributed by atoms with Gasteiger partial charge in [0.2, 0.25) is 5.91 Å². The molecule has 5 nitrogen and oxygen atoms in total. The monoisotopic (exact) mass is 492 g/mol. The fraction of sp³-hybridized carbons (Fsp3) is 0.286. The molecule has 1 atom stereocenters. The minimum Gasteiger partial charge on any atom is -0.361 e. The van der Waals surface area contributed by atoms with E-state index in [1.165, 1.54) is 6.07 Å². The maximum Gasteiger partial charge on any atom is 0.417 e. The Morgan fingerprint density at radius 2 is 1.75 bits per heavy atom. The quantitative estimate of drug-likeness (QED) is 0.361. The number of alkyl halides is 3. The molecule has 36 heavy (non-hydrogen) atoms. The van der Waals surface area contributed by atoms with E-state index in [1.54, 1.807) is 0 Å². The zero-order valence-electron chi connectivity index (χ0n) is 19.6. The summed E-state index contributed by atoms with van der Waals surface area (Å²) in [6.07, 6.45) is -0.275. The zero-order chi connectivity index (χ0) is 25.1. The topological polar surface area (TPSA) is 61.0 Å². The summed E-state index contributed by atoms with van der Waals surface area (Å²) in [4.78, 5) is 22.3. The van der Waals surface area contributed by atoms with Gasteiger partial charge in [-0.3, -0.25) is 4.79 Å². The van der Waals surface area contributed by atoms with Crippen molar-refractivity contribution in [3.05, 3.63) is 95.8 Å². The van der Waals surface area contributed by atoms with Gasteiger partial charge in [-0.2, -0.15) is 13.2 Å². The summed E-state index contributed by atoms with van der Waals surface area (Å²) >= 11 is 0. The molecular weight excluding hydrogens is 465 g/mol. The SMILES string of the molecule is O=C(NCC(c1ccccc1)c1c[nH]c2ccccc12)C1CCN(c2ccc(C(F)(F)F)cn2)CC1. The van der Waals surface area contributed by atoms with Crippen molar-refractivity contribution < 1.29 is 18.0 Å². The number of rotatable bonds is 6. The molecule has 5 rings (SSSR count). The summed E-state index contributed by atoms with van der Waals surface area (Å²) in [5.74, 6) is 0.374. The second kappa shape index (κ2) is 10.0. The number of benzene rings is 2. The van der Waals surface area contributed by atoms with Crippen molar-refractivity contribution in [3.8, 4) is 0 Å². The summed E-state index contributed by atoms with van der Waals surface area (Å²) in [5, 5.41) is 4.31. The van der Waals surface area contributed by atoms with Crippen molar-refractivity contribution in [1.29, 1.82) is 0 Å². The number of H-pyrrole nitrogens is 1. The maximum atomic E-state index is 13.1. The molecule has 8 heteroatoms. The number of carbonyl (C=O) groups excluding carboxylic acids is 1. The van der Waals surface area contributed by atoms with Gasteiger partial charge in [-0.1, -0.05) is 48.5 Å². The van der Waals surface area contributed by atoms with Crippen LogP contribution in [0.3, 0.4) is 0 Å². The van der Waals surface area contributed by atoms with E-state index in [1.807, 2.05) is 47.5 Å². The highest BCUT2D eigenvalue weighted by Crippen LogP contribution is 2.32. The maximum absolute atomic E-state index is 13.1. The number of piperidine rings is 1. The van der Waals surface area contributed by atoms with E-state index in [0.29, 0.717) is 38.3 Å². The molecular formula is C28H27F3N4O. The normalized spacial score (nSPS) is 15.7. The highest BCUT2D eigenvalue weighted by molar-refractivity contribution is 5.84. The number of nitrogens with one attached hydrogen (secondary N) is 2. The Labute approximate surface area is 207 Å². The average Bonchev–Trinajstić information content (AvgIpc) is 3.33. The molecule has 1 saturated heterocycles. The van der Waals surface area contributed by atoms with Crippen molar-refractivity contribution in [2.45, 2.75) is 24.9 Å². The molecule has 0 radical (unpaired) electrons. The van der Waals surface area contributed by atoms with Crippen LogP contribution in [0.15, 0.2) is 79.1 Å². The third-order valence-electron chi connectivity index (χ3n) is 6.94. The molecule has 1 aliphatic rings. The number of carbonyl (C=O) groups is 1. The van der Waals surface area contributed by atoms with Crippen molar-refractivity contribution in [1.82, 2.24) is 15.3 Å². The van der Waals surface area contributed by atoms with Gasteiger partial charge in [0, 0.05) is 54.8 Å². The second-order valence-electron chi connectivity index (χ2n) is 9.16. The molecule has 0 aliphatic carbocycles. The van der Waals surface area contributed by atoms with Crippen molar-refractivity contribution in [2.24, 2.45) is 5.92 Å². The average molecular weight is 493 g/mol. The number of hydrogen-bond donors (Lipinski definition) is 2. The summed E-state index contributed by atoms with van der Waals surface area (Å²) in [6, 6.07) is 20.7. The molecule has 2 aromatic carbocycles. The number of fused-ring (bicyclic) bond motifs is 1. The van der Waals surface area contributed by atoms with Gasteiger partial charge < -0.3 is 15.2 Å². The first-order chi connectivity index (χ1) is 17.4. The highest BCUT2D eigenvalue weighted by Gasteiger charge is 2.31. The first-order valence-electron chi connectivity index (χ1n) is 12.1. The fourth-order valence-corrected chi connectivity index (χ4v) is 4.93. The molecule has 4 aromatic rings. The Kier molecular flexibility index (Phi) is 6.67. The molecule has 186 valence electrons. The summed E-state index contributed by atoms with van der Waals surface area (Å²) in [6.45, 7) is 1.62. The van der Waals surface area contributed by atoms with Gasteiger partial charge in [0.15, 0.2) is 0 Å². The lowest BCUT2D eigenvalue weighted by Gasteiger charge is -2.32. The van der Waals surface area contributed by atoms with Gasteiger partial charge in [-0.05, 0) is 42.2 Å². The van der Waals surface area contributed by atoms with E-state index < -0.39 is 11.7 Å². The Morgan fingerprint density at radius 1 is 1.03 bits per heavy atom. The second-order valence-corrected chi connectivity index (χ2v) is 9.16. The van der Waals surface area contributed by atoms with Crippen LogP contribution in [-0.2, 0) is 11.0 Å². The largest absolute Gasteiger partial charge is 0.417 e. The van der Waals surface area contributed by atoms with E-state index in [9.17, 15) is 18.0 Å². The van der Waals surface area contributed by atoms with Gasteiger partial charge in [-0.15, -0.1) is 0 Å². The molecule has 0 bridgehead atoms. The lowest BCUT2D eigenvalue weighted by Crippen LogP contribution is -2.41. The predicted octanol–water partition coefficient (Wildman–Crippen LogP) is 5.75. The van der Waals surface area contributed by atoms with Gasteiger partial charge in [0.05, 0.1) is 5.56 Å². The molecule has 2 N–H and O–H groups in total. The Bertz CT molecular complexity index is 1310. The van der Waals surface area contributed by atoms with Crippen LogP contribution in [0.1, 0.15) is 35.4 Å². The lowest BCUT2D eigenvalue weighted by molar-refractivity contribution is -0.137. The number of halogens is 3. The van der Waals surface area contributed by atoms with Gasteiger partial charge >= 0.3 is 6.18 Å². The van der Waals surface area contributed by atoms with Crippen molar-refractivity contribution in [3.63, 3.8) is 0 Å². The number of anilines is 1.